The maximum Gasteiger partial charge on any atom is 0.0736 e. The summed E-state index contributed by atoms with van der Waals surface area (Å²) in [7, 11) is 0. The summed E-state index contributed by atoms with van der Waals surface area (Å²) in [5.74, 6) is 0.852. The van der Waals surface area contributed by atoms with Crippen molar-refractivity contribution < 1.29 is 4.74 Å². The second-order valence-electron chi connectivity index (χ2n) is 5.68. The summed E-state index contributed by atoms with van der Waals surface area (Å²) in [4.78, 5) is 2.59. The highest BCUT2D eigenvalue weighted by molar-refractivity contribution is 5.51. The molecule has 3 nitrogen and oxygen atoms in total. The van der Waals surface area contributed by atoms with E-state index in [9.17, 15) is 0 Å². The lowest BCUT2D eigenvalue weighted by Crippen LogP contribution is -2.53. The Balaban J connectivity index is 1.69. The number of nitrogens with one attached hydrogen (secondary N) is 1. The third kappa shape index (κ3) is 2.93. The zero-order valence-electron chi connectivity index (χ0n) is 11.8. The van der Waals surface area contributed by atoms with E-state index in [1.54, 1.807) is 0 Å². The Morgan fingerprint density at radius 1 is 1.26 bits per heavy atom. The molecule has 3 aliphatic heterocycles. The van der Waals surface area contributed by atoms with Crippen molar-refractivity contribution in [2.24, 2.45) is 5.92 Å². The highest BCUT2D eigenvalue weighted by Gasteiger charge is 2.34. The van der Waals surface area contributed by atoms with Gasteiger partial charge in [-0.1, -0.05) is 18.2 Å². The van der Waals surface area contributed by atoms with E-state index in [4.69, 9.17) is 4.74 Å². The molecule has 3 saturated heterocycles. The SMILES string of the molecule is CCOCc1ccccc1NC1CN2CCC1CC2. The molecular weight excluding hydrogens is 236 g/mol. The van der Waals surface area contributed by atoms with Crippen molar-refractivity contribution >= 4 is 5.69 Å². The molecule has 0 spiro atoms. The maximum atomic E-state index is 5.56. The number of ether oxygens (including phenoxy) is 1. The number of rotatable bonds is 5. The van der Waals surface area contributed by atoms with Crippen molar-refractivity contribution in [3.63, 3.8) is 0 Å². The second-order valence-corrected chi connectivity index (χ2v) is 5.68. The Kier molecular flexibility index (Phi) is 4.04. The Morgan fingerprint density at radius 2 is 2.05 bits per heavy atom. The smallest absolute Gasteiger partial charge is 0.0736 e. The molecule has 3 heterocycles. The number of nitrogens with zero attached hydrogens (tertiary/aromatic N) is 1. The Labute approximate surface area is 115 Å². The molecular formula is C16H24N2O. The van der Waals surface area contributed by atoms with Gasteiger partial charge in [-0.3, -0.25) is 0 Å². The number of hydrogen-bond donors (Lipinski definition) is 1. The maximum absolute atomic E-state index is 5.56. The van der Waals surface area contributed by atoms with Crippen molar-refractivity contribution in [1.29, 1.82) is 0 Å². The Bertz CT molecular complexity index is 413. The molecule has 3 aliphatic rings. The van der Waals surface area contributed by atoms with E-state index in [2.05, 4.69) is 34.5 Å². The van der Waals surface area contributed by atoms with Gasteiger partial charge < -0.3 is 15.0 Å². The highest BCUT2D eigenvalue weighted by Crippen LogP contribution is 2.30. The lowest BCUT2D eigenvalue weighted by molar-refractivity contribution is 0.0972. The quantitative estimate of drug-likeness (QED) is 0.881. The number of piperidine rings is 3. The molecule has 1 unspecified atom stereocenters. The molecule has 4 rings (SSSR count). The van der Waals surface area contributed by atoms with Crippen LogP contribution in [0.3, 0.4) is 0 Å². The van der Waals surface area contributed by atoms with Crippen LogP contribution in [0, 0.1) is 5.92 Å². The molecule has 2 bridgehead atoms. The van der Waals surface area contributed by atoms with Gasteiger partial charge in [-0.05, 0) is 44.8 Å². The predicted molar refractivity (Wildman–Crippen MR) is 78.3 cm³/mol. The monoisotopic (exact) mass is 260 g/mol. The minimum atomic E-state index is 0.616. The van der Waals surface area contributed by atoms with Crippen LogP contribution in [0.1, 0.15) is 25.3 Å². The standard InChI is InChI=1S/C16H24N2O/c1-2-19-12-14-5-3-4-6-15(14)17-16-11-18-9-7-13(16)8-10-18/h3-6,13,16-17H,2,7-12H2,1H3. The van der Waals surface area contributed by atoms with Crippen molar-refractivity contribution in [2.75, 3.05) is 31.6 Å². The summed E-state index contributed by atoms with van der Waals surface area (Å²) in [6, 6.07) is 9.17. The number of para-hydroxylation sites is 1. The van der Waals surface area contributed by atoms with Crippen molar-refractivity contribution in [3.05, 3.63) is 29.8 Å². The van der Waals surface area contributed by atoms with E-state index in [1.807, 2.05) is 6.92 Å². The molecule has 0 aromatic heterocycles. The molecule has 3 fully saturated rings. The largest absolute Gasteiger partial charge is 0.380 e. The Morgan fingerprint density at radius 3 is 2.74 bits per heavy atom. The van der Waals surface area contributed by atoms with Gasteiger partial charge in [0.1, 0.15) is 0 Å². The molecule has 1 N–H and O–H groups in total. The van der Waals surface area contributed by atoms with Gasteiger partial charge in [0.2, 0.25) is 0 Å². The van der Waals surface area contributed by atoms with E-state index in [1.165, 1.54) is 43.7 Å². The molecule has 104 valence electrons. The van der Waals surface area contributed by atoms with Gasteiger partial charge in [0.25, 0.3) is 0 Å². The van der Waals surface area contributed by atoms with E-state index in [0.717, 1.165) is 12.5 Å². The molecule has 3 heteroatoms. The molecule has 19 heavy (non-hydrogen) atoms. The number of benzene rings is 1. The number of anilines is 1. The zero-order chi connectivity index (χ0) is 13.1. The number of hydrogen-bond acceptors (Lipinski definition) is 3. The van der Waals surface area contributed by atoms with Gasteiger partial charge in [0.05, 0.1) is 6.61 Å². The average molecular weight is 260 g/mol. The minimum absolute atomic E-state index is 0.616. The molecule has 0 radical (unpaired) electrons. The molecule has 0 saturated carbocycles. The van der Waals surface area contributed by atoms with Crippen LogP contribution >= 0.6 is 0 Å². The molecule has 1 atom stereocenters. The molecule has 0 amide bonds. The minimum Gasteiger partial charge on any atom is -0.380 e. The third-order valence-electron chi connectivity index (χ3n) is 4.48. The van der Waals surface area contributed by atoms with Crippen LogP contribution < -0.4 is 5.32 Å². The lowest BCUT2D eigenvalue weighted by Gasteiger charge is -2.45. The van der Waals surface area contributed by atoms with E-state index in [-0.39, 0.29) is 0 Å². The summed E-state index contributed by atoms with van der Waals surface area (Å²) < 4.78 is 5.56. The molecule has 1 aromatic rings. The average Bonchev–Trinajstić information content (AvgIpc) is 2.48. The zero-order valence-corrected chi connectivity index (χ0v) is 11.8. The van der Waals surface area contributed by atoms with Crippen LogP contribution in [0.2, 0.25) is 0 Å². The van der Waals surface area contributed by atoms with Gasteiger partial charge in [0.15, 0.2) is 0 Å². The van der Waals surface area contributed by atoms with Crippen LogP contribution in [-0.2, 0) is 11.3 Å². The first-order valence-electron chi connectivity index (χ1n) is 7.51. The fourth-order valence-electron chi connectivity index (χ4n) is 3.33. The van der Waals surface area contributed by atoms with Gasteiger partial charge in [-0.15, -0.1) is 0 Å². The van der Waals surface area contributed by atoms with Crippen molar-refractivity contribution in [2.45, 2.75) is 32.4 Å². The first-order valence-corrected chi connectivity index (χ1v) is 7.51. The summed E-state index contributed by atoms with van der Waals surface area (Å²) in [6.07, 6.45) is 2.70. The molecule has 1 aromatic carbocycles. The third-order valence-corrected chi connectivity index (χ3v) is 4.48. The summed E-state index contributed by atoms with van der Waals surface area (Å²) in [5.41, 5.74) is 2.54. The first kappa shape index (κ1) is 12.9. The topological polar surface area (TPSA) is 24.5 Å². The van der Waals surface area contributed by atoms with Gasteiger partial charge in [-0.25, -0.2) is 0 Å². The van der Waals surface area contributed by atoms with E-state index >= 15 is 0 Å². The van der Waals surface area contributed by atoms with Gasteiger partial charge in [0, 0.05) is 30.4 Å². The van der Waals surface area contributed by atoms with Crippen LogP contribution in [-0.4, -0.2) is 37.2 Å². The molecule has 0 aliphatic carbocycles. The van der Waals surface area contributed by atoms with Crippen LogP contribution in [0.4, 0.5) is 5.69 Å². The predicted octanol–water partition coefficient (Wildman–Crippen LogP) is 2.73. The van der Waals surface area contributed by atoms with Crippen LogP contribution in [0.15, 0.2) is 24.3 Å². The fraction of sp³-hybridized carbons (Fsp3) is 0.625. The summed E-state index contributed by atoms with van der Waals surface area (Å²) >= 11 is 0. The van der Waals surface area contributed by atoms with E-state index in [0.29, 0.717) is 12.6 Å². The second kappa shape index (κ2) is 5.93. The van der Waals surface area contributed by atoms with E-state index < -0.39 is 0 Å². The van der Waals surface area contributed by atoms with Gasteiger partial charge in [-0.2, -0.15) is 0 Å². The van der Waals surface area contributed by atoms with Crippen molar-refractivity contribution in [1.82, 2.24) is 4.90 Å². The first-order chi connectivity index (χ1) is 9.36. The lowest BCUT2D eigenvalue weighted by atomic mass is 9.84. The fourth-order valence-corrected chi connectivity index (χ4v) is 3.33. The van der Waals surface area contributed by atoms with Crippen LogP contribution in [0.25, 0.3) is 0 Å². The van der Waals surface area contributed by atoms with Crippen LogP contribution in [0.5, 0.6) is 0 Å². The normalized spacial score (nSPS) is 29.4. The van der Waals surface area contributed by atoms with Crippen molar-refractivity contribution in [3.8, 4) is 0 Å². The highest BCUT2D eigenvalue weighted by atomic mass is 16.5. The van der Waals surface area contributed by atoms with Gasteiger partial charge >= 0.3 is 0 Å². The number of fused-ring (bicyclic) bond motifs is 3. The Hall–Kier alpha value is -1.06. The summed E-state index contributed by atoms with van der Waals surface area (Å²) in [6.45, 7) is 7.32. The summed E-state index contributed by atoms with van der Waals surface area (Å²) in [5, 5.41) is 3.77.